The van der Waals surface area contributed by atoms with Crippen molar-refractivity contribution in [3.05, 3.63) is 11.9 Å². The van der Waals surface area contributed by atoms with E-state index in [9.17, 15) is 18.0 Å². The molecule has 5 nitrogen and oxygen atoms in total. The molecule has 0 radical (unpaired) electrons. The van der Waals surface area contributed by atoms with Gasteiger partial charge in [0.1, 0.15) is 0 Å². The molecule has 0 fully saturated rings. The SMILES string of the molecule is CCCn1cc(OCC(F)(F)F)c(C(N)=O)n1. The van der Waals surface area contributed by atoms with Crippen molar-refractivity contribution in [2.45, 2.75) is 26.1 Å². The van der Waals surface area contributed by atoms with Crippen molar-refractivity contribution < 1.29 is 22.7 Å². The molecule has 0 aliphatic heterocycles. The second kappa shape index (κ2) is 5.07. The first-order chi connectivity index (χ1) is 7.83. The molecule has 0 saturated heterocycles. The summed E-state index contributed by atoms with van der Waals surface area (Å²) in [5, 5.41) is 3.75. The van der Waals surface area contributed by atoms with Crippen LogP contribution in [0.4, 0.5) is 13.2 Å². The number of primary amides is 1. The van der Waals surface area contributed by atoms with E-state index in [2.05, 4.69) is 9.84 Å². The number of hydrogen-bond acceptors (Lipinski definition) is 3. The third-order valence-electron chi connectivity index (χ3n) is 1.81. The Morgan fingerprint density at radius 1 is 1.59 bits per heavy atom. The molecule has 0 aliphatic carbocycles. The minimum atomic E-state index is -4.47. The summed E-state index contributed by atoms with van der Waals surface area (Å²) in [6.45, 7) is 0.850. The van der Waals surface area contributed by atoms with Gasteiger partial charge in [0.15, 0.2) is 18.1 Å². The fourth-order valence-corrected chi connectivity index (χ4v) is 1.18. The first kappa shape index (κ1) is 13.3. The van der Waals surface area contributed by atoms with Crippen molar-refractivity contribution in [2.75, 3.05) is 6.61 Å². The molecule has 1 rings (SSSR count). The number of amides is 1. The van der Waals surface area contributed by atoms with Crippen LogP contribution >= 0.6 is 0 Å². The van der Waals surface area contributed by atoms with Crippen LogP contribution in [0, 0.1) is 0 Å². The molecule has 0 saturated carbocycles. The first-order valence-electron chi connectivity index (χ1n) is 4.90. The quantitative estimate of drug-likeness (QED) is 0.858. The van der Waals surface area contributed by atoms with E-state index in [0.717, 1.165) is 6.42 Å². The molecular formula is C9H12F3N3O2. The molecule has 1 heterocycles. The fourth-order valence-electron chi connectivity index (χ4n) is 1.18. The van der Waals surface area contributed by atoms with Crippen molar-refractivity contribution in [1.82, 2.24) is 9.78 Å². The van der Waals surface area contributed by atoms with Crippen molar-refractivity contribution in [2.24, 2.45) is 5.73 Å². The van der Waals surface area contributed by atoms with Crippen LogP contribution in [0.5, 0.6) is 5.75 Å². The van der Waals surface area contributed by atoms with Gasteiger partial charge in [0, 0.05) is 6.54 Å². The smallest absolute Gasteiger partial charge is 0.422 e. The topological polar surface area (TPSA) is 70.1 Å². The van der Waals surface area contributed by atoms with E-state index >= 15 is 0 Å². The van der Waals surface area contributed by atoms with Gasteiger partial charge >= 0.3 is 6.18 Å². The average Bonchev–Trinajstić information content (AvgIpc) is 2.58. The predicted octanol–water partition coefficient (Wildman–Crippen LogP) is 1.33. The van der Waals surface area contributed by atoms with Crippen molar-refractivity contribution in [3.63, 3.8) is 0 Å². The van der Waals surface area contributed by atoms with Gasteiger partial charge in [0.25, 0.3) is 5.91 Å². The third-order valence-corrected chi connectivity index (χ3v) is 1.81. The molecule has 0 aromatic carbocycles. The molecule has 0 spiro atoms. The molecule has 1 amide bonds. The van der Waals surface area contributed by atoms with E-state index in [1.54, 1.807) is 0 Å². The van der Waals surface area contributed by atoms with Crippen LogP contribution < -0.4 is 10.5 Å². The standard InChI is InChI=1S/C9H12F3N3O2/c1-2-3-15-4-6(7(14-15)8(13)16)17-5-9(10,11)12/h4H,2-3,5H2,1H3,(H2,13,16). The van der Waals surface area contributed by atoms with E-state index in [-0.39, 0.29) is 11.4 Å². The number of carbonyl (C=O) groups excluding carboxylic acids is 1. The maximum absolute atomic E-state index is 12.0. The van der Waals surface area contributed by atoms with E-state index in [4.69, 9.17) is 5.73 Å². The van der Waals surface area contributed by atoms with Gasteiger partial charge in [-0.3, -0.25) is 9.48 Å². The Morgan fingerprint density at radius 2 is 2.24 bits per heavy atom. The molecule has 0 aliphatic rings. The summed E-state index contributed by atoms with van der Waals surface area (Å²) in [6.07, 6.45) is -2.52. The summed E-state index contributed by atoms with van der Waals surface area (Å²) in [7, 11) is 0. The first-order valence-corrected chi connectivity index (χ1v) is 4.90. The number of aromatic nitrogens is 2. The van der Waals surface area contributed by atoms with Gasteiger partial charge in [-0.25, -0.2) is 0 Å². The van der Waals surface area contributed by atoms with E-state index in [0.29, 0.717) is 6.54 Å². The lowest BCUT2D eigenvalue weighted by Crippen LogP contribution is -2.21. The molecular weight excluding hydrogens is 239 g/mol. The number of nitrogens with zero attached hydrogens (tertiary/aromatic N) is 2. The zero-order valence-corrected chi connectivity index (χ0v) is 9.12. The van der Waals surface area contributed by atoms with Crippen LogP contribution in [0.3, 0.4) is 0 Å². The van der Waals surface area contributed by atoms with Gasteiger partial charge in [0.2, 0.25) is 0 Å². The summed E-state index contributed by atoms with van der Waals surface area (Å²) in [5.74, 6) is -1.17. The fraction of sp³-hybridized carbons (Fsp3) is 0.556. The highest BCUT2D eigenvalue weighted by atomic mass is 19.4. The molecule has 17 heavy (non-hydrogen) atoms. The number of aryl methyl sites for hydroxylation is 1. The Bertz CT molecular complexity index is 401. The second-order valence-corrected chi connectivity index (χ2v) is 3.37. The number of alkyl halides is 3. The molecule has 0 atom stereocenters. The largest absolute Gasteiger partial charge is 0.480 e. The maximum atomic E-state index is 12.0. The predicted molar refractivity (Wildman–Crippen MR) is 52.6 cm³/mol. The van der Waals surface area contributed by atoms with Crippen LogP contribution in [0.15, 0.2) is 6.20 Å². The highest BCUT2D eigenvalue weighted by Crippen LogP contribution is 2.21. The summed E-state index contributed by atoms with van der Waals surface area (Å²) >= 11 is 0. The Morgan fingerprint density at radius 3 is 2.71 bits per heavy atom. The number of ether oxygens (including phenoxy) is 1. The highest BCUT2D eigenvalue weighted by molar-refractivity contribution is 5.93. The van der Waals surface area contributed by atoms with E-state index < -0.39 is 18.7 Å². The molecule has 8 heteroatoms. The molecule has 96 valence electrons. The van der Waals surface area contributed by atoms with Crippen LogP contribution in [-0.4, -0.2) is 28.5 Å². The summed E-state index contributed by atoms with van der Waals surface area (Å²) in [6, 6.07) is 0. The zero-order valence-electron chi connectivity index (χ0n) is 9.12. The Balaban J connectivity index is 2.85. The zero-order chi connectivity index (χ0) is 13.1. The number of rotatable bonds is 5. The van der Waals surface area contributed by atoms with Crippen molar-refractivity contribution in [3.8, 4) is 5.75 Å². The average molecular weight is 251 g/mol. The van der Waals surface area contributed by atoms with Gasteiger partial charge in [-0.2, -0.15) is 18.3 Å². The van der Waals surface area contributed by atoms with Gasteiger partial charge in [-0.1, -0.05) is 6.92 Å². The Hall–Kier alpha value is -1.73. The van der Waals surface area contributed by atoms with Gasteiger partial charge in [-0.15, -0.1) is 0 Å². The van der Waals surface area contributed by atoms with Crippen LogP contribution in [0.1, 0.15) is 23.8 Å². The third kappa shape index (κ3) is 3.97. The molecule has 1 aromatic heterocycles. The number of halogens is 3. The van der Waals surface area contributed by atoms with Gasteiger partial charge in [-0.05, 0) is 6.42 Å². The van der Waals surface area contributed by atoms with Gasteiger partial charge in [0.05, 0.1) is 6.20 Å². The lowest BCUT2D eigenvalue weighted by Gasteiger charge is -2.07. The number of hydrogen-bond donors (Lipinski definition) is 1. The van der Waals surface area contributed by atoms with Crippen LogP contribution in [-0.2, 0) is 6.54 Å². The van der Waals surface area contributed by atoms with Crippen LogP contribution in [0.25, 0.3) is 0 Å². The summed E-state index contributed by atoms with van der Waals surface area (Å²) in [4.78, 5) is 10.9. The molecule has 0 bridgehead atoms. The highest BCUT2D eigenvalue weighted by Gasteiger charge is 2.29. The van der Waals surface area contributed by atoms with E-state index in [1.165, 1.54) is 10.9 Å². The van der Waals surface area contributed by atoms with Crippen molar-refractivity contribution >= 4 is 5.91 Å². The van der Waals surface area contributed by atoms with E-state index in [1.807, 2.05) is 6.92 Å². The lowest BCUT2D eigenvalue weighted by molar-refractivity contribution is -0.153. The Kier molecular flexibility index (Phi) is 3.97. The minimum absolute atomic E-state index is 0.247. The lowest BCUT2D eigenvalue weighted by atomic mass is 10.4. The molecule has 0 unspecified atom stereocenters. The number of nitrogens with two attached hydrogens (primary N) is 1. The summed E-state index contributed by atoms with van der Waals surface area (Å²) in [5.41, 5.74) is 4.70. The minimum Gasteiger partial charge on any atom is -0.480 e. The molecule has 1 aromatic rings. The number of carbonyl (C=O) groups is 1. The monoisotopic (exact) mass is 251 g/mol. The Labute approximate surface area is 95.3 Å². The normalized spacial score (nSPS) is 11.5. The van der Waals surface area contributed by atoms with Crippen LogP contribution in [0.2, 0.25) is 0 Å². The maximum Gasteiger partial charge on any atom is 0.422 e. The van der Waals surface area contributed by atoms with Crippen molar-refractivity contribution in [1.29, 1.82) is 0 Å². The summed E-state index contributed by atoms with van der Waals surface area (Å²) < 4.78 is 41.7. The molecule has 2 N–H and O–H groups in total. The van der Waals surface area contributed by atoms with Gasteiger partial charge < -0.3 is 10.5 Å². The second-order valence-electron chi connectivity index (χ2n) is 3.37.